The van der Waals surface area contributed by atoms with E-state index >= 15 is 0 Å². The molecule has 1 aromatic carbocycles. The molecule has 1 aromatic rings. The first kappa shape index (κ1) is 20.5. The number of alkyl halides is 2. The number of halogens is 4. The third-order valence-electron chi connectivity index (χ3n) is 2.36. The Labute approximate surface area is 158 Å². The van der Waals surface area contributed by atoms with Gasteiger partial charge in [-0.3, -0.25) is 0 Å². The molecule has 0 atom stereocenters. The van der Waals surface area contributed by atoms with E-state index in [1.165, 1.54) is 0 Å². The smallest absolute Gasteiger partial charge is 0.367 e. The highest BCUT2D eigenvalue weighted by molar-refractivity contribution is 14.1. The van der Waals surface area contributed by atoms with Gasteiger partial charge in [0.05, 0.1) is 7.14 Å². The van der Waals surface area contributed by atoms with Crippen molar-refractivity contribution in [1.82, 2.24) is 0 Å². The van der Waals surface area contributed by atoms with Crippen LogP contribution in [0.15, 0.2) is 18.7 Å². The topological polar surface area (TPSA) is 92.7 Å². The fraction of sp³-hybridized carbons (Fsp3) is 0.250. The van der Waals surface area contributed by atoms with Gasteiger partial charge in [-0.1, -0.05) is 12.7 Å². The Bertz CT molecular complexity index is 697. The quantitative estimate of drug-likeness (QED) is 0.283. The van der Waals surface area contributed by atoms with Crippen molar-refractivity contribution in [1.29, 1.82) is 0 Å². The minimum absolute atomic E-state index is 0.344. The number of rotatable bonds is 7. The van der Waals surface area contributed by atoms with E-state index in [0.717, 1.165) is 5.56 Å². The number of hydrogen-bond donors (Lipinski definition) is 0. The average Bonchev–Trinajstić information content (AvgIpc) is 2.42. The molecule has 0 saturated carbocycles. The summed E-state index contributed by atoms with van der Waals surface area (Å²) < 4.78 is 67.0. The second kappa shape index (κ2) is 8.02. The Morgan fingerprint density at radius 3 is 2.30 bits per heavy atom. The lowest BCUT2D eigenvalue weighted by Crippen LogP contribution is -2.35. The van der Waals surface area contributed by atoms with Crippen LogP contribution in [0.2, 0.25) is 0 Å². The van der Waals surface area contributed by atoms with Crippen molar-refractivity contribution in [2.75, 3.05) is 13.2 Å². The van der Waals surface area contributed by atoms with Gasteiger partial charge < -0.3 is 14.0 Å². The molecular weight excluding hydrogens is 564 g/mol. The van der Waals surface area contributed by atoms with E-state index in [4.69, 9.17) is 4.74 Å². The third kappa shape index (κ3) is 5.79. The van der Waals surface area contributed by atoms with Crippen molar-refractivity contribution in [3.05, 3.63) is 31.4 Å². The SMILES string of the molecule is C=Cc1cc(I)c(OCC(=O)OCC(F)(F)S(=O)(=O)[O-])c(I)c1. The fourth-order valence-electron chi connectivity index (χ4n) is 1.24. The standard InChI is InChI=1S/C12H10F2I2O6S/c1-2-7-3-8(15)11(9(16)4-7)21-5-10(17)22-6-12(13,14)23(18,19)20/h2-4H,1,5-6H2,(H,18,19,20)/p-1. The van der Waals surface area contributed by atoms with Gasteiger partial charge in [-0.15, -0.1) is 0 Å². The van der Waals surface area contributed by atoms with Gasteiger partial charge in [0.25, 0.3) is 0 Å². The second-order valence-corrected chi connectivity index (χ2v) is 7.89. The molecule has 0 amide bonds. The number of benzene rings is 1. The first-order chi connectivity index (χ1) is 10.5. The molecule has 128 valence electrons. The summed E-state index contributed by atoms with van der Waals surface area (Å²) in [5.41, 5.74) is 0.828. The number of ether oxygens (including phenoxy) is 2. The van der Waals surface area contributed by atoms with Crippen LogP contribution in [0.3, 0.4) is 0 Å². The van der Waals surface area contributed by atoms with Gasteiger partial charge in [0.2, 0.25) is 0 Å². The predicted octanol–water partition coefficient (Wildman–Crippen LogP) is 2.60. The first-order valence-corrected chi connectivity index (χ1v) is 9.27. The van der Waals surface area contributed by atoms with Crippen molar-refractivity contribution in [2.24, 2.45) is 0 Å². The maximum atomic E-state index is 12.8. The van der Waals surface area contributed by atoms with Crippen LogP contribution in [0, 0.1) is 7.14 Å². The molecule has 0 N–H and O–H groups in total. The van der Waals surface area contributed by atoms with Gasteiger partial charge in [-0.05, 0) is 62.9 Å². The normalized spacial score (nSPS) is 11.9. The molecule has 0 saturated heterocycles. The number of carbonyl (C=O) groups is 1. The zero-order chi connectivity index (χ0) is 17.8. The van der Waals surface area contributed by atoms with Crippen molar-refractivity contribution < 1.29 is 36.0 Å². The van der Waals surface area contributed by atoms with Gasteiger partial charge in [-0.2, -0.15) is 8.78 Å². The van der Waals surface area contributed by atoms with Crippen LogP contribution in [0.1, 0.15) is 5.56 Å². The summed E-state index contributed by atoms with van der Waals surface area (Å²) in [5, 5.41) is -4.68. The van der Waals surface area contributed by atoms with Gasteiger partial charge in [0.15, 0.2) is 23.3 Å². The summed E-state index contributed by atoms with van der Waals surface area (Å²) in [5.74, 6) is -0.885. The summed E-state index contributed by atoms with van der Waals surface area (Å²) in [7, 11) is -5.90. The molecule has 0 radical (unpaired) electrons. The summed E-state index contributed by atoms with van der Waals surface area (Å²) in [6.45, 7) is 1.05. The van der Waals surface area contributed by atoms with Gasteiger partial charge in [0, 0.05) is 0 Å². The van der Waals surface area contributed by atoms with E-state index in [0.29, 0.717) is 12.9 Å². The Morgan fingerprint density at radius 1 is 1.35 bits per heavy atom. The monoisotopic (exact) mass is 573 g/mol. The summed E-state index contributed by atoms with van der Waals surface area (Å²) in [6.07, 6.45) is 1.62. The van der Waals surface area contributed by atoms with E-state index in [-0.39, 0.29) is 0 Å². The zero-order valence-corrected chi connectivity index (χ0v) is 16.4. The molecular formula is C12H9F2I2O6S-. The van der Waals surface area contributed by atoms with Crippen LogP contribution in [0.5, 0.6) is 5.75 Å². The lowest BCUT2D eigenvalue weighted by Gasteiger charge is -2.19. The highest BCUT2D eigenvalue weighted by Gasteiger charge is 2.39. The molecule has 1 rings (SSSR count). The van der Waals surface area contributed by atoms with E-state index in [9.17, 15) is 26.5 Å². The van der Waals surface area contributed by atoms with E-state index in [2.05, 4.69) is 11.3 Å². The molecule has 0 heterocycles. The number of hydrogen-bond acceptors (Lipinski definition) is 6. The molecule has 11 heteroatoms. The molecule has 0 bridgehead atoms. The van der Waals surface area contributed by atoms with Crippen LogP contribution >= 0.6 is 45.2 Å². The second-order valence-electron chi connectivity index (χ2n) is 4.06. The first-order valence-electron chi connectivity index (χ1n) is 5.71. The van der Waals surface area contributed by atoms with Crippen molar-refractivity contribution in [2.45, 2.75) is 5.25 Å². The van der Waals surface area contributed by atoms with Crippen LogP contribution in [-0.2, 0) is 19.6 Å². The Balaban J connectivity index is 2.66. The molecule has 6 nitrogen and oxygen atoms in total. The van der Waals surface area contributed by atoms with Crippen LogP contribution < -0.4 is 4.74 Å². The highest BCUT2D eigenvalue weighted by Crippen LogP contribution is 2.29. The van der Waals surface area contributed by atoms with Gasteiger partial charge >= 0.3 is 11.2 Å². The maximum absolute atomic E-state index is 12.8. The van der Waals surface area contributed by atoms with Gasteiger partial charge in [-0.25, -0.2) is 13.2 Å². The molecule has 0 aromatic heterocycles. The summed E-state index contributed by atoms with van der Waals surface area (Å²) in [6, 6.07) is 3.46. The molecule has 0 aliphatic heterocycles. The molecule has 0 spiro atoms. The number of esters is 1. The minimum atomic E-state index is -5.90. The van der Waals surface area contributed by atoms with E-state index in [1.54, 1.807) is 18.2 Å². The molecule has 0 aliphatic carbocycles. The van der Waals surface area contributed by atoms with Crippen LogP contribution in [-0.4, -0.2) is 37.4 Å². The molecule has 0 aliphatic rings. The van der Waals surface area contributed by atoms with Crippen LogP contribution in [0.4, 0.5) is 8.78 Å². The summed E-state index contributed by atoms with van der Waals surface area (Å²) >= 11 is 3.91. The zero-order valence-electron chi connectivity index (χ0n) is 11.2. The lowest BCUT2D eigenvalue weighted by molar-refractivity contribution is -0.152. The van der Waals surface area contributed by atoms with Crippen molar-refractivity contribution in [3.63, 3.8) is 0 Å². The average molecular weight is 573 g/mol. The van der Waals surface area contributed by atoms with Gasteiger partial charge in [0.1, 0.15) is 5.75 Å². The largest absolute Gasteiger partial charge is 0.743 e. The van der Waals surface area contributed by atoms with Crippen molar-refractivity contribution in [3.8, 4) is 5.75 Å². The minimum Gasteiger partial charge on any atom is -0.743 e. The lowest BCUT2D eigenvalue weighted by atomic mass is 10.2. The summed E-state index contributed by atoms with van der Waals surface area (Å²) in [4.78, 5) is 11.3. The van der Waals surface area contributed by atoms with E-state index in [1.807, 2.05) is 45.2 Å². The third-order valence-corrected chi connectivity index (χ3v) is 4.81. The molecule has 0 unspecified atom stereocenters. The van der Waals surface area contributed by atoms with Crippen molar-refractivity contribution >= 4 is 67.3 Å². The molecule has 23 heavy (non-hydrogen) atoms. The fourth-order valence-corrected chi connectivity index (χ4v) is 3.58. The Morgan fingerprint density at radius 2 is 1.87 bits per heavy atom. The molecule has 0 fully saturated rings. The Hall–Kier alpha value is -0.540. The maximum Gasteiger partial charge on any atom is 0.367 e. The van der Waals surface area contributed by atoms with Crippen LogP contribution in [0.25, 0.3) is 6.08 Å². The number of carbonyl (C=O) groups excluding carboxylic acids is 1. The Kier molecular flexibility index (Phi) is 7.15. The highest BCUT2D eigenvalue weighted by atomic mass is 127. The van der Waals surface area contributed by atoms with E-state index < -0.39 is 34.6 Å². The predicted molar refractivity (Wildman–Crippen MR) is 93.1 cm³/mol.